The molecule has 0 aromatic carbocycles. The third kappa shape index (κ3) is 3.44. The molecule has 5 nitrogen and oxygen atoms in total. The van der Waals surface area contributed by atoms with Crippen molar-refractivity contribution in [3.8, 4) is 0 Å². The van der Waals surface area contributed by atoms with E-state index in [0.29, 0.717) is 18.7 Å². The van der Waals surface area contributed by atoms with Crippen molar-refractivity contribution in [2.75, 3.05) is 38.2 Å². The van der Waals surface area contributed by atoms with Gasteiger partial charge in [-0.15, -0.1) is 0 Å². The molecule has 2 rings (SSSR count). The predicted octanol–water partition coefficient (Wildman–Crippen LogP) is 1.68. The molecule has 1 amide bonds. The molecule has 104 valence electrons. The van der Waals surface area contributed by atoms with Crippen LogP contribution < -0.4 is 5.32 Å². The van der Waals surface area contributed by atoms with Crippen LogP contribution in [-0.4, -0.2) is 48.6 Å². The highest BCUT2D eigenvalue weighted by Gasteiger charge is 2.20. The Morgan fingerprint density at radius 2 is 2.32 bits per heavy atom. The molecule has 2 heterocycles. The van der Waals surface area contributed by atoms with Gasteiger partial charge in [0.05, 0.1) is 17.9 Å². The van der Waals surface area contributed by atoms with Gasteiger partial charge in [0.15, 0.2) is 0 Å². The molecule has 0 bridgehead atoms. The van der Waals surface area contributed by atoms with Crippen LogP contribution in [0, 0.1) is 6.92 Å². The number of aryl methyl sites for hydroxylation is 1. The Balaban J connectivity index is 2.21. The maximum Gasteiger partial charge on any atom is 0.257 e. The summed E-state index contributed by atoms with van der Waals surface area (Å²) in [5, 5.41) is 3.23. The molecule has 1 N–H and O–H groups in total. The fourth-order valence-corrected chi connectivity index (χ4v) is 2.19. The van der Waals surface area contributed by atoms with Gasteiger partial charge in [0.2, 0.25) is 0 Å². The zero-order chi connectivity index (χ0) is 13.7. The van der Waals surface area contributed by atoms with E-state index < -0.39 is 0 Å². The van der Waals surface area contributed by atoms with Crippen molar-refractivity contribution in [3.63, 3.8) is 0 Å². The van der Waals surface area contributed by atoms with E-state index in [1.54, 1.807) is 6.20 Å². The quantitative estimate of drug-likeness (QED) is 0.901. The highest BCUT2D eigenvalue weighted by atomic mass is 16.5. The Morgan fingerprint density at radius 1 is 1.47 bits per heavy atom. The molecule has 5 heteroatoms. The van der Waals surface area contributed by atoms with Gasteiger partial charge in [-0.3, -0.25) is 9.78 Å². The third-order valence-electron chi connectivity index (χ3n) is 3.15. The Kier molecular flexibility index (Phi) is 4.74. The highest BCUT2D eigenvalue weighted by Crippen LogP contribution is 2.18. The summed E-state index contributed by atoms with van der Waals surface area (Å²) in [4.78, 5) is 18.6. The molecule has 0 radical (unpaired) electrons. The van der Waals surface area contributed by atoms with Crippen LogP contribution in [0.5, 0.6) is 0 Å². The van der Waals surface area contributed by atoms with Crippen molar-refractivity contribution < 1.29 is 9.53 Å². The molecule has 1 aromatic rings. The lowest BCUT2D eigenvalue weighted by Gasteiger charge is -2.21. The van der Waals surface area contributed by atoms with E-state index >= 15 is 0 Å². The number of amides is 1. The first-order valence-corrected chi connectivity index (χ1v) is 6.80. The molecule has 1 aliphatic heterocycles. The zero-order valence-electron chi connectivity index (χ0n) is 11.6. The van der Waals surface area contributed by atoms with Gasteiger partial charge in [0, 0.05) is 38.1 Å². The Morgan fingerprint density at radius 3 is 3.11 bits per heavy atom. The molecule has 1 saturated heterocycles. The van der Waals surface area contributed by atoms with E-state index in [9.17, 15) is 4.79 Å². The van der Waals surface area contributed by atoms with Crippen LogP contribution in [0.1, 0.15) is 29.4 Å². The molecule has 0 spiro atoms. The van der Waals surface area contributed by atoms with Crippen molar-refractivity contribution in [3.05, 3.63) is 23.5 Å². The molecular formula is C14H21N3O2. The molecule has 0 atom stereocenters. The number of anilines is 1. The Labute approximate surface area is 114 Å². The first-order chi connectivity index (χ1) is 9.22. The Bertz CT molecular complexity index is 440. The van der Waals surface area contributed by atoms with E-state index in [4.69, 9.17) is 4.74 Å². The summed E-state index contributed by atoms with van der Waals surface area (Å²) in [7, 11) is 0. The summed E-state index contributed by atoms with van der Waals surface area (Å²) < 4.78 is 5.38. The van der Waals surface area contributed by atoms with E-state index in [1.165, 1.54) is 0 Å². The van der Waals surface area contributed by atoms with Gasteiger partial charge >= 0.3 is 0 Å². The molecule has 0 saturated carbocycles. The van der Waals surface area contributed by atoms with Gasteiger partial charge in [-0.1, -0.05) is 0 Å². The number of ether oxygens (including phenoxy) is 1. The Hall–Kier alpha value is -1.62. The molecule has 1 aliphatic rings. The van der Waals surface area contributed by atoms with Crippen molar-refractivity contribution in [1.29, 1.82) is 0 Å². The molecule has 0 aliphatic carbocycles. The number of hydrogen-bond donors (Lipinski definition) is 1. The summed E-state index contributed by atoms with van der Waals surface area (Å²) in [6.07, 6.45) is 2.56. The van der Waals surface area contributed by atoms with E-state index in [2.05, 4.69) is 10.3 Å². The smallest absolute Gasteiger partial charge is 0.257 e. The third-order valence-corrected chi connectivity index (χ3v) is 3.15. The van der Waals surface area contributed by atoms with Gasteiger partial charge in [0.1, 0.15) is 0 Å². The van der Waals surface area contributed by atoms with Crippen molar-refractivity contribution in [1.82, 2.24) is 9.88 Å². The lowest BCUT2D eigenvalue weighted by Crippen LogP contribution is -2.33. The van der Waals surface area contributed by atoms with Crippen LogP contribution in [0.3, 0.4) is 0 Å². The monoisotopic (exact) mass is 263 g/mol. The fraction of sp³-hybridized carbons (Fsp3) is 0.571. The minimum Gasteiger partial charge on any atom is -0.385 e. The van der Waals surface area contributed by atoms with E-state index in [0.717, 1.165) is 37.5 Å². The minimum atomic E-state index is 0.0361. The standard InChI is InChI=1S/C14H21N3O2/c1-3-15-13-9-11(2)16-10-12(13)14(18)17-5-4-7-19-8-6-17/h9-10H,3-8H2,1-2H3,(H,15,16). The topological polar surface area (TPSA) is 54.5 Å². The summed E-state index contributed by atoms with van der Waals surface area (Å²) in [5.74, 6) is 0.0361. The summed E-state index contributed by atoms with van der Waals surface area (Å²) in [6, 6.07) is 1.92. The van der Waals surface area contributed by atoms with Crippen molar-refractivity contribution in [2.45, 2.75) is 20.3 Å². The maximum atomic E-state index is 12.5. The number of carbonyl (C=O) groups excluding carboxylic acids is 1. The second kappa shape index (κ2) is 6.52. The number of carbonyl (C=O) groups is 1. The van der Waals surface area contributed by atoms with Crippen molar-refractivity contribution >= 4 is 11.6 Å². The van der Waals surface area contributed by atoms with Gasteiger partial charge in [-0.05, 0) is 26.3 Å². The van der Waals surface area contributed by atoms with E-state index in [1.807, 2.05) is 24.8 Å². The van der Waals surface area contributed by atoms with Crippen LogP contribution in [-0.2, 0) is 4.74 Å². The van der Waals surface area contributed by atoms with Crippen LogP contribution in [0.4, 0.5) is 5.69 Å². The van der Waals surface area contributed by atoms with Gasteiger partial charge < -0.3 is 15.0 Å². The highest BCUT2D eigenvalue weighted by molar-refractivity contribution is 5.99. The minimum absolute atomic E-state index is 0.0361. The van der Waals surface area contributed by atoms with Crippen LogP contribution >= 0.6 is 0 Å². The van der Waals surface area contributed by atoms with E-state index in [-0.39, 0.29) is 5.91 Å². The number of nitrogens with one attached hydrogen (secondary N) is 1. The second-order valence-electron chi connectivity index (χ2n) is 4.66. The predicted molar refractivity (Wildman–Crippen MR) is 74.5 cm³/mol. The molecule has 0 unspecified atom stereocenters. The first-order valence-electron chi connectivity index (χ1n) is 6.80. The number of nitrogens with zero attached hydrogens (tertiary/aromatic N) is 2. The maximum absolute atomic E-state index is 12.5. The first kappa shape index (κ1) is 13.8. The molecule has 1 aromatic heterocycles. The molecule has 1 fully saturated rings. The number of rotatable bonds is 3. The normalized spacial score (nSPS) is 16.0. The van der Waals surface area contributed by atoms with Gasteiger partial charge in [0.25, 0.3) is 5.91 Å². The SMILES string of the molecule is CCNc1cc(C)ncc1C(=O)N1CCCOCC1. The van der Waals surface area contributed by atoms with Gasteiger partial charge in [-0.25, -0.2) is 0 Å². The fourth-order valence-electron chi connectivity index (χ4n) is 2.19. The summed E-state index contributed by atoms with van der Waals surface area (Å²) in [5.41, 5.74) is 2.42. The lowest BCUT2D eigenvalue weighted by molar-refractivity contribution is 0.0742. The lowest BCUT2D eigenvalue weighted by atomic mass is 10.1. The van der Waals surface area contributed by atoms with Gasteiger partial charge in [-0.2, -0.15) is 0 Å². The number of pyridine rings is 1. The van der Waals surface area contributed by atoms with Crippen LogP contribution in [0.2, 0.25) is 0 Å². The van der Waals surface area contributed by atoms with Crippen molar-refractivity contribution in [2.24, 2.45) is 0 Å². The van der Waals surface area contributed by atoms with Crippen LogP contribution in [0.15, 0.2) is 12.3 Å². The molecule has 19 heavy (non-hydrogen) atoms. The number of aromatic nitrogens is 1. The largest absolute Gasteiger partial charge is 0.385 e. The second-order valence-corrected chi connectivity index (χ2v) is 4.66. The molecular weight excluding hydrogens is 242 g/mol. The average Bonchev–Trinajstić information content (AvgIpc) is 2.67. The summed E-state index contributed by atoms with van der Waals surface area (Å²) in [6.45, 7) is 7.47. The summed E-state index contributed by atoms with van der Waals surface area (Å²) >= 11 is 0. The zero-order valence-corrected chi connectivity index (χ0v) is 11.6. The number of hydrogen-bond acceptors (Lipinski definition) is 4. The average molecular weight is 263 g/mol. The van der Waals surface area contributed by atoms with Crippen LogP contribution in [0.25, 0.3) is 0 Å².